The summed E-state index contributed by atoms with van der Waals surface area (Å²) in [6.45, 7) is 0.00343. The fourth-order valence-electron chi connectivity index (χ4n) is 0.662. The maximum atomic E-state index is 11.0. The van der Waals surface area contributed by atoms with Crippen molar-refractivity contribution in [3.05, 3.63) is 28.5 Å². The first-order valence-electron chi connectivity index (χ1n) is 3.09. The molecular formula is C7H8BrClN2O. The minimum atomic E-state index is -0.147. The fraction of sp³-hybridized carbons (Fsp3) is 0.143. The Morgan fingerprint density at radius 3 is 2.83 bits per heavy atom. The molecule has 0 aliphatic carbocycles. The highest BCUT2D eigenvalue weighted by molar-refractivity contribution is 9.10. The highest BCUT2D eigenvalue weighted by atomic mass is 79.9. The van der Waals surface area contributed by atoms with Crippen LogP contribution in [0.1, 0.15) is 10.5 Å². The van der Waals surface area contributed by atoms with Crippen LogP contribution in [0, 0.1) is 0 Å². The predicted octanol–water partition coefficient (Wildman–Crippen LogP) is 1.41. The van der Waals surface area contributed by atoms with Gasteiger partial charge in [-0.1, -0.05) is 15.9 Å². The molecule has 0 aliphatic heterocycles. The molecule has 5 heteroatoms. The molecule has 0 bridgehead atoms. The van der Waals surface area contributed by atoms with Gasteiger partial charge in [0.2, 0.25) is 0 Å². The van der Waals surface area contributed by atoms with E-state index in [1.54, 1.807) is 18.3 Å². The Morgan fingerprint density at radius 2 is 2.33 bits per heavy atom. The zero-order chi connectivity index (χ0) is 8.27. The van der Waals surface area contributed by atoms with E-state index in [4.69, 9.17) is 5.73 Å². The molecule has 0 unspecified atom stereocenters. The average Bonchev–Trinajstić information content (AvgIpc) is 2.03. The van der Waals surface area contributed by atoms with Crippen molar-refractivity contribution in [1.82, 2.24) is 4.98 Å². The Morgan fingerprint density at radius 1 is 1.67 bits per heavy atom. The summed E-state index contributed by atoms with van der Waals surface area (Å²) in [5.74, 6) is -0.147. The molecule has 1 heterocycles. The molecule has 66 valence electrons. The lowest BCUT2D eigenvalue weighted by atomic mass is 10.2. The Hall–Kier alpha value is -0.450. The molecule has 2 N–H and O–H groups in total. The van der Waals surface area contributed by atoms with E-state index < -0.39 is 0 Å². The van der Waals surface area contributed by atoms with Crippen molar-refractivity contribution < 1.29 is 4.79 Å². The summed E-state index contributed by atoms with van der Waals surface area (Å²) in [4.78, 5) is 14.8. The molecular weight excluding hydrogens is 243 g/mol. The van der Waals surface area contributed by atoms with Crippen molar-refractivity contribution in [2.75, 3.05) is 6.54 Å². The third-order valence-corrected chi connectivity index (χ3v) is 1.69. The molecule has 0 radical (unpaired) electrons. The van der Waals surface area contributed by atoms with Gasteiger partial charge in [-0.25, -0.2) is 0 Å². The fourth-order valence-corrected chi connectivity index (χ4v) is 0.997. The van der Waals surface area contributed by atoms with Gasteiger partial charge in [0.15, 0.2) is 5.78 Å². The van der Waals surface area contributed by atoms with E-state index in [9.17, 15) is 4.79 Å². The number of halogens is 2. The van der Waals surface area contributed by atoms with Gasteiger partial charge in [0.05, 0.1) is 6.54 Å². The molecule has 1 rings (SSSR count). The van der Waals surface area contributed by atoms with E-state index in [-0.39, 0.29) is 24.7 Å². The number of nitrogens with zero attached hydrogens (tertiary/aromatic N) is 1. The summed E-state index contributed by atoms with van der Waals surface area (Å²) in [5.41, 5.74) is 5.55. The zero-order valence-electron chi connectivity index (χ0n) is 6.16. The molecule has 12 heavy (non-hydrogen) atoms. The van der Waals surface area contributed by atoms with E-state index in [1.165, 1.54) is 0 Å². The van der Waals surface area contributed by atoms with Crippen LogP contribution < -0.4 is 5.73 Å². The molecule has 0 spiro atoms. The maximum absolute atomic E-state index is 11.0. The Balaban J connectivity index is 0.00000121. The quantitative estimate of drug-likeness (QED) is 0.809. The monoisotopic (exact) mass is 250 g/mol. The number of carbonyl (C=O) groups excluding carboxylic acids is 1. The minimum absolute atomic E-state index is 0. The van der Waals surface area contributed by atoms with Gasteiger partial charge in [-0.05, 0) is 12.1 Å². The number of rotatable bonds is 2. The number of hydrogen-bond donors (Lipinski definition) is 1. The summed E-state index contributed by atoms with van der Waals surface area (Å²) < 4.78 is 0.837. The first-order chi connectivity index (χ1) is 5.24. The van der Waals surface area contributed by atoms with Crippen LogP contribution >= 0.6 is 28.3 Å². The van der Waals surface area contributed by atoms with Crippen molar-refractivity contribution in [3.63, 3.8) is 0 Å². The number of aromatic nitrogens is 1. The lowest BCUT2D eigenvalue weighted by molar-refractivity contribution is 0.0996. The van der Waals surface area contributed by atoms with Crippen LogP contribution in [0.3, 0.4) is 0 Å². The van der Waals surface area contributed by atoms with Crippen LogP contribution in [-0.4, -0.2) is 17.3 Å². The van der Waals surface area contributed by atoms with Gasteiger partial charge in [-0.2, -0.15) is 0 Å². The Bertz CT molecular complexity index is 280. The van der Waals surface area contributed by atoms with Gasteiger partial charge in [-0.15, -0.1) is 12.4 Å². The van der Waals surface area contributed by atoms with Crippen molar-refractivity contribution in [3.8, 4) is 0 Å². The summed E-state index contributed by atoms with van der Waals surface area (Å²) in [6.07, 6.45) is 1.56. The zero-order valence-corrected chi connectivity index (χ0v) is 8.56. The largest absolute Gasteiger partial charge is 0.324 e. The van der Waals surface area contributed by atoms with E-state index in [0.29, 0.717) is 5.69 Å². The first kappa shape index (κ1) is 11.6. The highest BCUT2D eigenvalue weighted by Crippen LogP contribution is 2.08. The van der Waals surface area contributed by atoms with Crippen LogP contribution in [0.25, 0.3) is 0 Å². The van der Waals surface area contributed by atoms with Crippen LogP contribution in [0.2, 0.25) is 0 Å². The molecule has 0 saturated heterocycles. The van der Waals surface area contributed by atoms with Gasteiger partial charge in [0, 0.05) is 10.7 Å². The molecule has 0 fully saturated rings. The Labute approximate surface area is 84.9 Å². The van der Waals surface area contributed by atoms with E-state index in [1.807, 2.05) is 0 Å². The Kier molecular flexibility index (Phi) is 5.04. The summed E-state index contributed by atoms with van der Waals surface area (Å²) in [6, 6.07) is 3.41. The average molecular weight is 252 g/mol. The molecule has 0 saturated carbocycles. The second-order valence-electron chi connectivity index (χ2n) is 1.99. The number of nitrogens with two attached hydrogens (primary N) is 1. The number of ketones is 1. The maximum Gasteiger partial charge on any atom is 0.194 e. The normalized spacial score (nSPS) is 8.83. The first-order valence-corrected chi connectivity index (χ1v) is 3.88. The third kappa shape index (κ3) is 2.89. The van der Waals surface area contributed by atoms with Crippen molar-refractivity contribution >= 4 is 34.1 Å². The molecule has 1 aromatic heterocycles. The second kappa shape index (κ2) is 5.24. The summed E-state index contributed by atoms with van der Waals surface area (Å²) in [5, 5.41) is 0. The van der Waals surface area contributed by atoms with Gasteiger partial charge < -0.3 is 5.73 Å². The lowest BCUT2D eigenvalue weighted by Crippen LogP contribution is -2.14. The summed E-state index contributed by atoms with van der Waals surface area (Å²) >= 11 is 3.23. The number of Topliss-reactive ketones (excluding diaryl/α,β-unsaturated/α-hetero) is 1. The molecule has 0 aliphatic rings. The molecule has 0 amide bonds. The number of carbonyl (C=O) groups is 1. The summed E-state index contributed by atoms with van der Waals surface area (Å²) in [7, 11) is 0. The predicted molar refractivity (Wildman–Crippen MR) is 52.6 cm³/mol. The smallest absolute Gasteiger partial charge is 0.194 e. The van der Waals surface area contributed by atoms with E-state index in [0.717, 1.165) is 4.47 Å². The SMILES string of the molecule is Cl.NCC(=O)c1cc(Br)ccn1. The van der Waals surface area contributed by atoms with E-state index >= 15 is 0 Å². The van der Waals surface area contributed by atoms with Crippen molar-refractivity contribution in [2.45, 2.75) is 0 Å². The second-order valence-corrected chi connectivity index (χ2v) is 2.90. The number of pyridine rings is 1. The van der Waals surface area contributed by atoms with Crippen molar-refractivity contribution in [1.29, 1.82) is 0 Å². The lowest BCUT2D eigenvalue weighted by Gasteiger charge is -1.95. The van der Waals surface area contributed by atoms with Gasteiger partial charge in [0.1, 0.15) is 5.69 Å². The van der Waals surface area contributed by atoms with Gasteiger partial charge >= 0.3 is 0 Å². The van der Waals surface area contributed by atoms with Crippen LogP contribution in [0.4, 0.5) is 0 Å². The molecule has 1 aromatic rings. The highest BCUT2D eigenvalue weighted by Gasteiger charge is 2.03. The van der Waals surface area contributed by atoms with Gasteiger partial charge in [0.25, 0.3) is 0 Å². The minimum Gasteiger partial charge on any atom is -0.324 e. The topological polar surface area (TPSA) is 56.0 Å². The number of hydrogen-bond acceptors (Lipinski definition) is 3. The van der Waals surface area contributed by atoms with Crippen LogP contribution in [-0.2, 0) is 0 Å². The molecule has 0 aromatic carbocycles. The molecule has 3 nitrogen and oxygen atoms in total. The van der Waals surface area contributed by atoms with Crippen LogP contribution in [0.15, 0.2) is 22.8 Å². The standard InChI is InChI=1S/C7H7BrN2O.ClH/c8-5-1-2-10-6(3-5)7(11)4-9;/h1-3H,4,9H2;1H. The van der Waals surface area contributed by atoms with Crippen molar-refractivity contribution in [2.24, 2.45) is 5.73 Å². The third-order valence-electron chi connectivity index (χ3n) is 1.19. The molecule has 0 atom stereocenters. The van der Waals surface area contributed by atoms with Gasteiger partial charge in [-0.3, -0.25) is 9.78 Å². The van der Waals surface area contributed by atoms with Crippen LogP contribution in [0.5, 0.6) is 0 Å². The van der Waals surface area contributed by atoms with E-state index in [2.05, 4.69) is 20.9 Å².